The normalized spacial score (nSPS) is 11.1. The Hall–Kier alpha value is -0.163. The molecule has 18 heavy (non-hydrogen) atoms. The number of halogens is 1. The summed E-state index contributed by atoms with van der Waals surface area (Å²) in [5.41, 5.74) is 1.41. The van der Waals surface area contributed by atoms with Gasteiger partial charge in [-0.1, -0.05) is 34.5 Å². The highest BCUT2D eigenvalue weighted by atomic mass is 79.9. The third-order valence-corrected chi connectivity index (χ3v) is 5.59. The Morgan fingerprint density at radius 1 is 1.00 bits per heavy atom. The maximum atomic E-state index is 5.66. The molecular formula is C14H23BrO2Si. The summed E-state index contributed by atoms with van der Waals surface area (Å²) in [7, 11) is -1.37. The Balaban J connectivity index is 2.18. The first kappa shape index (κ1) is 15.9. The van der Waals surface area contributed by atoms with E-state index in [1.807, 2.05) is 13.8 Å². The third-order valence-electron chi connectivity index (χ3n) is 2.77. The van der Waals surface area contributed by atoms with Gasteiger partial charge in [0.1, 0.15) is 0 Å². The molecule has 2 nitrogen and oxygen atoms in total. The van der Waals surface area contributed by atoms with Crippen LogP contribution in [-0.2, 0) is 15.3 Å². The fourth-order valence-electron chi connectivity index (χ4n) is 1.88. The van der Waals surface area contributed by atoms with E-state index in [0.29, 0.717) is 0 Å². The van der Waals surface area contributed by atoms with Gasteiger partial charge in [-0.15, -0.1) is 0 Å². The molecule has 1 rings (SSSR count). The molecule has 0 fully saturated rings. The lowest BCUT2D eigenvalue weighted by atomic mass is 10.1. The fraction of sp³-hybridized carbons (Fsp3) is 0.571. The third kappa shape index (κ3) is 6.68. The van der Waals surface area contributed by atoms with Crippen molar-refractivity contribution >= 4 is 25.2 Å². The summed E-state index contributed by atoms with van der Waals surface area (Å²) >= 11 is 3.45. The highest BCUT2D eigenvalue weighted by Crippen LogP contribution is 2.13. The molecule has 0 saturated carbocycles. The minimum atomic E-state index is -1.37. The monoisotopic (exact) mass is 330 g/mol. The zero-order valence-corrected chi connectivity index (χ0v) is 14.1. The first-order chi connectivity index (χ1) is 8.76. The van der Waals surface area contributed by atoms with Crippen molar-refractivity contribution in [1.29, 1.82) is 0 Å². The van der Waals surface area contributed by atoms with Gasteiger partial charge in [-0.3, -0.25) is 0 Å². The summed E-state index contributed by atoms with van der Waals surface area (Å²) in [5, 5.41) is 0. The molecule has 0 aliphatic carbocycles. The zero-order valence-electron chi connectivity index (χ0n) is 11.3. The number of hydrogen-bond donors (Lipinski definition) is 0. The van der Waals surface area contributed by atoms with Crippen LogP contribution in [0.5, 0.6) is 0 Å². The van der Waals surface area contributed by atoms with Gasteiger partial charge in [0.15, 0.2) is 0 Å². The molecule has 1 aromatic rings. The molecule has 0 amide bonds. The molecule has 0 radical (unpaired) electrons. The highest BCUT2D eigenvalue weighted by Gasteiger charge is 2.10. The number of rotatable bonds is 9. The van der Waals surface area contributed by atoms with Gasteiger partial charge in [-0.25, -0.2) is 0 Å². The minimum Gasteiger partial charge on any atom is -0.397 e. The van der Waals surface area contributed by atoms with Gasteiger partial charge >= 0.3 is 9.28 Å². The molecule has 1 aromatic carbocycles. The quantitative estimate of drug-likeness (QED) is 0.502. The van der Waals surface area contributed by atoms with Crippen molar-refractivity contribution in [3.05, 3.63) is 34.3 Å². The van der Waals surface area contributed by atoms with Gasteiger partial charge in [0.2, 0.25) is 0 Å². The first-order valence-corrected chi connectivity index (χ1v) is 9.29. The van der Waals surface area contributed by atoms with Crippen LogP contribution in [0.4, 0.5) is 0 Å². The smallest absolute Gasteiger partial charge is 0.321 e. The molecule has 0 bridgehead atoms. The van der Waals surface area contributed by atoms with Crippen molar-refractivity contribution in [3.63, 3.8) is 0 Å². The molecule has 0 N–H and O–H groups in total. The topological polar surface area (TPSA) is 18.5 Å². The largest absolute Gasteiger partial charge is 0.397 e. The van der Waals surface area contributed by atoms with Gasteiger partial charge in [-0.05, 0) is 50.4 Å². The molecule has 0 atom stereocenters. The summed E-state index contributed by atoms with van der Waals surface area (Å²) in [4.78, 5) is 0. The van der Waals surface area contributed by atoms with Crippen LogP contribution in [0.3, 0.4) is 0 Å². The number of unbranched alkanes of at least 4 members (excludes halogenated alkanes) is 1. The van der Waals surface area contributed by atoms with Crippen molar-refractivity contribution in [3.8, 4) is 0 Å². The standard InChI is InChI=1S/C14H23BrO2Si/c1-3-16-18(17-4-2)12-6-5-7-13-8-10-14(15)11-9-13/h8-11,18H,3-7,12H2,1-2H3. The summed E-state index contributed by atoms with van der Waals surface area (Å²) in [5.74, 6) is 0. The minimum absolute atomic E-state index is 0.781. The van der Waals surface area contributed by atoms with Crippen LogP contribution in [0.15, 0.2) is 28.7 Å². The molecule has 0 aliphatic rings. The summed E-state index contributed by atoms with van der Waals surface area (Å²) < 4.78 is 12.5. The predicted octanol–water partition coefficient (Wildman–Crippen LogP) is 4.07. The van der Waals surface area contributed by atoms with Crippen LogP contribution in [-0.4, -0.2) is 22.5 Å². The molecule has 0 aromatic heterocycles. The van der Waals surface area contributed by atoms with E-state index in [-0.39, 0.29) is 0 Å². The number of aryl methyl sites for hydroxylation is 1. The Labute approximate surface area is 121 Å². The van der Waals surface area contributed by atoms with E-state index in [1.54, 1.807) is 0 Å². The maximum Gasteiger partial charge on any atom is 0.321 e. The van der Waals surface area contributed by atoms with E-state index < -0.39 is 9.28 Å². The summed E-state index contributed by atoms with van der Waals surface area (Å²) in [6, 6.07) is 9.70. The second kappa shape index (κ2) is 9.73. The molecule has 4 heteroatoms. The van der Waals surface area contributed by atoms with E-state index in [0.717, 1.165) is 30.2 Å². The molecular weight excluding hydrogens is 308 g/mol. The van der Waals surface area contributed by atoms with Gasteiger partial charge in [0, 0.05) is 17.7 Å². The van der Waals surface area contributed by atoms with Gasteiger partial charge < -0.3 is 8.85 Å². The lowest BCUT2D eigenvalue weighted by molar-refractivity contribution is 0.212. The number of benzene rings is 1. The van der Waals surface area contributed by atoms with Gasteiger partial charge in [0.25, 0.3) is 0 Å². The van der Waals surface area contributed by atoms with Crippen molar-refractivity contribution in [2.24, 2.45) is 0 Å². The molecule has 0 aliphatic heterocycles. The Morgan fingerprint density at radius 2 is 1.61 bits per heavy atom. The van der Waals surface area contributed by atoms with Crippen molar-refractivity contribution < 1.29 is 8.85 Å². The molecule has 0 spiro atoms. The summed E-state index contributed by atoms with van der Waals surface area (Å²) in [6.07, 6.45) is 3.56. The van der Waals surface area contributed by atoms with Crippen molar-refractivity contribution in [1.82, 2.24) is 0 Å². The van der Waals surface area contributed by atoms with E-state index in [4.69, 9.17) is 8.85 Å². The maximum absolute atomic E-state index is 5.66. The second-order valence-corrected chi connectivity index (χ2v) is 7.23. The lowest BCUT2D eigenvalue weighted by Crippen LogP contribution is -2.22. The SMILES string of the molecule is CCO[SiH](CCCCc1ccc(Br)cc1)OCC. The van der Waals surface area contributed by atoms with Crippen LogP contribution in [0, 0.1) is 0 Å². The van der Waals surface area contributed by atoms with Crippen molar-refractivity contribution in [2.75, 3.05) is 13.2 Å². The fourth-order valence-corrected chi connectivity index (χ4v) is 3.94. The van der Waals surface area contributed by atoms with Crippen LogP contribution in [0.2, 0.25) is 6.04 Å². The van der Waals surface area contributed by atoms with E-state index in [2.05, 4.69) is 40.2 Å². The molecule has 102 valence electrons. The highest BCUT2D eigenvalue weighted by molar-refractivity contribution is 9.10. The van der Waals surface area contributed by atoms with Gasteiger partial charge in [0.05, 0.1) is 0 Å². The van der Waals surface area contributed by atoms with E-state index >= 15 is 0 Å². The number of hydrogen-bond acceptors (Lipinski definition) is 2. The Morgan fingerprint density at radius 3 is 2.17 bits per heavy atom. The average molecular weight is 331 g/mol. The van der Waals surface area contributed by atoms with Crippen LogP contribution in [0.1, 0.15) is 32.3 Å². The van der Waals surface area contributed by atoms with Crippen LogP contribution >= 0.6 is 15.9 Å². The summed E-state index contributed by atoms with van der Waals surface area (Å²) in [6.45, 7) is 5.65. The first-order valence-electron chi connectivity index (χ1n) is 6.74. The van der Waals surface area contributed by atoms with E-state index in [9.17, 15) is 0 Å². The van der Waals surface area contributed by atoms with Crippen molar-refractivity contribution in [2.45, 2.75) is 39.2 Å². The van der Waals surface area contributed by atoms with E-state index in [1.165, 1.54) is 18.4 Å². The lowest BCUT2D eigenvalue weighted by Gasteiger charge is -2.14. The molecule has 0 saturated heterocycles. The molecule has 0 unspecified atom stereocenters. The average Bonchev–Trinajstić information content (AvgIpc) is 2.37. The molecule has 0 heterocycles. The van der Waals surface area contributed by atoms with Gasteiger partial charge in [-0.2, -0.15) is 0 Å². The second-order valence-electron chi connectivity index (χ2n) is 4.21. The van der Waals surface area contributed by atoms with Crippen LogP contribution < -0.4 is 0 Å². The van der Waals surface area contributed by atoms with Crippen LogP contribution in [0.25, 0.3) is 0 Å². The predicted molar refractivity (Wildman–Crippen MR) is 82.3 cm³/mol. The zero-order chi connectivity index (χ0) is 13.2. The Bertz CT molecular complexity index is 310. The Kier molecular flexibility index (Phi) is 8.59.